The summed E-state index contributed by atoms with van der Waals surface area (Å²) < 4.78 is 66.2. The minimum atomic E-state index is -4.74. The molecule has 13 heteroatoms. The summed E-state index contributed by atoms with van der Waals surface area (Å²) >= 11 is 0. The fraction of sp³-hybridized carbons (Fsp3) is 0.154. The van der Waals surface area contributed by atoms with E-state index in [0.29, 0.717) is 6.07 Å². The Hall–Kier alpha value is -3.09. The molecule has 0 radical (unpaired) electrons. The molecule has 3 aromatic rings. The lowest BCUT2D eigenvalue weighted by atomic mass is 10.1. The third-order valence-corrected chi connectivity index (χ3v) is 4.86. The van der Waals surface area contributed by atoms with Gasteiger partial charge in [0.15, 0.2) is 5.82 Å². The monoisotopic (exact) mass is 388 g/mol. The third kappa shape index (κ3) is 3.46. The number of rotatable bonds is 4. The molecule has 0 unspecified atom stereocenters. The SMILES string of the molecule is Cc1[nH]ncc1S(=O)(=O)Nc1cc(-c2n[nH]c(=O)[nH]2)cc(C(F)(F)F)c1. The number of halogens is 3. The van der Waals surface area contributed by atoms with Crippen molar-refractivity contribution in [3.05, 3.63) is 46.1 Å². The van der Waals surface area contributed by atoms with Gasteiger partial charge in [-0.3, -0.25) is 14.8 Å². The molecule has 26 heavy (non-hydrogen) atoms. The molecule has 1 aromatic carbocycles. The number of aromatic amines is 3. The van der Waals surface area contributed by atoms with Gasteiger partial charge in [0.05, 0.1) is 23.1 Å². The van der Waals surface area contributed by atoms with E-state index < -0.39 is 27.5 Å². The Morgan fingerprint density at radius 1 is 1.15 bits per heavy atom. The van der Waals surface area contributed by atoms with E-state index in [0.717, 1.165) is 18.3 Å². The second kappa shape index (κ2) is 6.01. The summed E-state index contributed by atoms with van der Waals surface area (Å²) in [6, 6.07) is 2.50. The van der Waals surface area contributed by atoms with Gasteiger partial charge in [0, 0.05) is 5.56 Å². The van der Waals surface area contributed by atoms with Crippen LogP contribution in [0.25, 0.3) is 11.4 Å². The minimum absolute atomic E-state index is 0.125. The highest BCUT2D eigenvalue weighted by molar-refractivity contribution is 7.92. The first-order chi connectivity index (χ1) is 12.1. The fourth-order valence-corrected chi connectivity index (χ4v) is 3.39. The average molecular weight is 388 g/mol. The van der Waals surface area contributed by atoms with E-state index in [1.807, 2.05) is 5.10 Å². The molecule has 0 bridgehead atoms. The fourth-order valence-electron chi connectivity index (χ4n) is 2.21. The van der Waals surface area contributed by atoms with Crippen LogP contribution in [0.4, 0.5) is 18.9 Å². The van der Waals surface area contributed by atoms with E-state index in [1.165, 1.54) is 6.92 Å². The molecule has 0 saturated carbocycles. The molecule has 2 heterocycles. The first kappa shape index (κ1) is 17.7. The summed E-state index contributed by atoms with van der Waals surface area (Å²) in [5.41, 5.74) is -2.07. The Kier molecular flexibility index (Phi) is 4.10. The average Bonchev–Trinajstić information content (AvgIpc) is 3.14. The number of sulfonamides is 1. The van der Waals surface area contributed by atoms with Crippen LogP contribution in [-0.4, -0.2) is 33.8 Å². The first-order valence-corrected chi connectivity index (χ1v) is 8.45. The molecule has 0 amide bonds. The Balaban J connectivity index is 2.09. The van der Waals surface area contributed by atoms with E-state index in [-0.39, 0.29) is 27.7 Å². The molecule has 2 aromatic heterocycles. The number of nitrogens with one attached hydrogen (secondary N) is 4. The molecule has 3 rings (SSSR count). The van der Waals surface area contributed by atoms with E-state index in [9.17, 15) is 26.4 Å². The van der Waals surface area contributed by atoms with Crippen molar-refractivity contribution in [3.63, 3.8) is 0 Å². The summed E-state index contributed by atoms with van der Waals surface area (Å²) in [5, 5.41) is 11.6. The van der Waals surface area contributed by atoms with Crippen molar-refractivity contribution in [3.8, 4) is 11.4 Å². The quantitative estimate of drug-likeness (QED) is 0.538. The number of alkyl halides is 3. The molecule has 0 aliphatic rings. The molecule has 138 valence electrons. The summed E-state index contributed by atoms with van der Waals surface area (Å²) in [5.74, 6) is -0.166. The smallest absolute Gasteiger partial charge is 0.289 e. The summed E-state index contributed by atoms with van der Waals surface area (Å²) in [6.07, 6.45) is -3.70. The van der Waals surface area contributed by atoms with Gasteiger partial charge in [0.1, 0.15) is 4.90 Å². The van der Waals surface area contributed by atoms with Gasteiger partial charge in [0.2, 0.25) is 0 Å². The van der Waals surface area contributed by atoms with Gasteiger partial charge in [-0.2, -0.15) is 23.4 Å². The molecule has 0 atom stereocenters. The van der Waals surface area contributed by atoms with Crippen LogP contribution in [0.1, 0.15) is 11.3 Å². The Morgan fingerprint density at radius 2 is 1.88 bits per heavy atom. The molecular formula is C13H11F3N6O3S. The number of hydrogen-bond acceptors (Lipinski definition) is 5. The number of benzene rings is 1. The van der Waals surface area contributed by atoms with Crippen molar-refractivity contribution in [1.82, 2.24) is 25.4 Å². The molecular weight excluding hydrogens is 377 g/mol. The second-order valence-electron chi connectivity index (χ2n) is 5.29. The predicted molar refractivity (Wildman–Crippen MR) is 83.8 cm³/mol. The highest BCUT2D eigenvalue weighted by Crippen LogP contribution is 2.34. The third-order valence-electron chi connectivity index (χ3n) is 3.36. The minimum Gasteiger partial charge on any atom is -0.289 e. The zero-order valence-corrected chi connectivity index (χ0v) is 13.8. The standard InChI is InChI=1S/C13H11F3N6O3S/c1-6-10(5-17-19-6)26(24,25)22-9-3-7(11-18-12(23)21-20-11)2-8(4-9)13(14,15)16/h2-5,22H,1H3,(H,17,19)(H2,18,20,21,23). The summed E-state index contributed by atoms with van der Waals surface area (Å²) in [7, 11) is -4.17. The maximum Gasteiger partial charge on any atom is 0.416 e. The number of H-pyrrole nitrogens is 3. The first-order valence-electron chi connectivity index (χ1n) is 6.96. The van der Waals surface area contributed by atoms with Crippen LogP contribution >= 0.6 is 0 Å². The molecule has 0 aliphatic carbocycles. The van der Waals surface area contributed by atoms with E-state index in [2.05, 4.69) is 25.0 Å². The lowest BCUT2D eigenvalue weighted by molar-refractivity contribution is -0.137. The lowest BCUT2D eigenvalue weighted by Gasteiger charge is -2.13. The Labute approximate surface area is 143 Å². The largest absolute Gasteiger partial charge is 0.416 e. The molecule has 0 aliphatic heterocycles. The van der Waals surface area contributed by atoms with Gasteiger partial charge in [-0.1, -0.05) is 0 Å². The highest BCUT2D eigenvalue weighted by Gasteiger charge is 2.32. The second-order valence-corrected chi connectivity index (χ2v) is 6.94. The van der Waals surface area contributed by atoms with Crippen LogP contribution in [0, 0.1) is 6.92 Å². The van der Waals surface area contributed by atoms with E-state index in [4.69, 9.17) is 0 Å². The lowest BCUT2D eigenvalue weighted by Crippen LogP contribution is -2.15. The van der Waals surface area contributed by atoms with Crippen LogP contribution in [0.5, 0.6) is 0 Å². The Bertz CT molecular complexity index is 1110. The van der Waals surface area contributed by atoms with Crippen molar-refractivity contribution >= 4 is 15.7 Å². The molecule has 4 N–H and O–H groups in total. The van der Waals surface area contributed by atoms with Gasteiger partial charge in [-0.05, 0) is 25.1 Å². The molecule has 9 nitrogen and oxygen atoms in total. The van der Waals surface area contributed by atoms with Crippen molar-refractivity contribution < 1.29 is 21.6 Å². The van der Waals surface area contributed by atoms with Gasteiger partial charge in [0.25, 0.3) is 10.0 Å². The normalized spacial score (nSPS) is 12.3. The molecule has 0 fully saturated rings. The van der Waals surface area contributed by atoms with Crippen molar-refractivity contribution in [2.24, 2.45) is 0 Å². The van der Waals surface area contributed by atoms with E-state index >= 15 is 0 Å². The van der Waals surface area contributed by atoms with Crippen LogP contribution in [0.2, 0.25) is 0 Å². The van der Waals surface area contributed by atoms with Crippen LogP contribution in [0.15, 0.2) is 34.1 Å². The highest BCUT2D eigenvalue weighted by atomic mass is 32.2. The maximum atomic E-state index is 13.1. The number of aryl methyl sites for hydroxylation is 1. The number of anilines is 1. The van der Waals surface area contributed by atoms with Gasteiger partial charge >= 0.3 is 11.9 Å². The number of hydrogen-bond donors (Lipinski definition) is 4. The molecule has 0 saturated heterocycles. The van der Waals surface area contributed by atoms with E-state index in [1.54, 1.807) is 0 Å². The predicted octanol–water partition coefficient (Wildman–Crippen LogP) is 1.62. The summed E-state index contributed by atoms with van der Waals surface area (Å²) in [6.45, 7) is 1.45. The number of nitrogens with zero attached hydrogens (tertiary/aromatic N) is 2. The van der Waals surface area contributed by atoms with Crippen LogP contribution in [0.3, 0.4) is 0 Å². The molecule has 0 spiro atoms. The zero-order chi connectivity index (χ0) is 19.1. The van der Waals surface area contributed by atoms with Crippen LogP contribution in [-0.2, 0) is 16.2 Å². The van der Waals surface area contributed by atoms with Crippen LogP contribution < -0.4 is 10.4 Å². The summed E-state index contributed by atoms with van der Waals surface area (Å²) in [4.78, 5) is 13.1. The van der Waals surface area contributed by atoms with Gasteiger partial charge < -0.3 is 0 Å². The van der Waals surface area contributed by atoms with Crippen molar-refractivity contribution in [1.29, 1.82) is 0 Å². The van der Waals surface area contributed by atoms with Crippen molar-refractivity contribution in [2.75, 3.05) is 4.72 Å². The van der Waals surface area contributed by atoms with Gasteiger partial charge in [-0.15, -0.1) is 0 Å². The maximum absolute atomic E-state index is 13.1. The topological polar surface area (TPSA) is 136 Å². The zero-order valence-electron chi connectivity index (χ0n) is 13.0. The van der Waals surface area contributed by atoms with Gasteiger partial charge in [-0.25, -0.2) is 18.3 Å². The number of aromatic nitrogens is 5. The van der Waals surface area contributed by atoms with Crippen molar-refractivity contribution in [2.45, 2.75) is 18.0 Å². The Morgan fingerprint density at radius 3 is 2.42 bits per heavy atom.